The predicted molar refractivity (Wildman–Crippen MR) is 65.6 cm³/mol. The van der Waals surface area contributed by atoms with Gasteiger partial charge < -0.3 is 20.5 Å². The van der Waals surface area contributed by atoms with Crippen LogP contribution in [0, 0.1) is 5.92 Å². The van der Waals surface area contributed by atoms with Crippen molar-refractivity contribution in [1.82, 2.24) is 5.32 Å². The smallest absolute Gasteiger partial charge is 0.451 e. The van der Waals surface area contributed by atoms with Gasteiger partial charge in [-0.05, 0) is 38.0 Å². The highest BCUT2D eigenvalue weighted by Gasteiger charge is 2.40. The van der Waals surface area contributed by atoms with Gasteiger partial charge in [0.2, 0.25) is 0 Å². The standard InChI is InChI=1S/C11H22BNO4/c1-9-4-7-13-11(8-9,10(14)15)5-2-3-6-12(16)17/h9,13,16-17H,2-8H2,1H3,(H,14,15)/t9-,11+/m0/s1. The average Bonchev–Trinajstić information content (AvgIpc) is 2.24. The predicted octanol–water partition coefficient (Wildman–Crippen LogP) is 0.472. The fourth-order valence-electron chi connectivity index (χ4n) is 2.54. The summed E-state index contributed by atoms with van der Waals surface area (Å²) in [5.74, 6) is -0.357. The van der Waals surface area contributed by atoms with Gasteiger partial charge in [-0.15, -0.1) is 0 Å². The molecule has 98 valence electrons. The Labute approximate surface area is 102 Å². The maximum atomic E-state index is 11.4. The first kappa shape index (κ1) is 14.5. The topological polar surface area (TPSA) is 89.8 Å². The molecule has 0 bridgehead atoms. The van der Waals surface area contributed by atoms with Crippen molar-refractivity contribution in [2.45, 2.75) is 50.9 Å². The molecule has 0 aromatic carbocycles. The summed E-state index contributed by atoms with van der Waals surface area (Å²) >= 11 is 0. The van der Waals surface area contributed by atoms with Crippen LogP contribution in [0.25, 0.3) is 0 Å². The Hall–Kier alpha value is -0.585. The zero-order valence-electron chi connectivity index (χ0n) is 10.4. The van der Waals surface area contributed by atoms with Crippen LogP contribution in [0.2, 0.25) is 6.32 Å². The van der Waals surface area contributed by atoms with Crippen LogP contribution >= 0.6 is 0 Å². The highest BCUT2D eigenvalue weighted by molar-refractivity contribution is 6.40. The molecule has 1 saturated heterocycles. The molecule has 4 N–H and O–H groups in total. The minimum Gasteiger partial charge on any atom is -0.480 e. The summed E-state index contributed by atoms with van der Waals surface area (Å²) < 4.78 is 0. The molecule has 0 amide bonds. The largest absolute Gasteiger partial charge is 0.480 e. The molecule has 0 aromatic rings. The lowest BCUT2D eigenvalue weighted by Crippen LogP contribution is -2.56. The highest BCUT2D eigenvalue weighted by atomic mass is 16.4. The van der Waals surface area contributed by atoms with Gasteiger partial charge in [-0.2, -0.15) is 0 Å². The molecule has 0 spiro atoms. The lowest BCUT2D eigenvalue weighted by molar-refractivity contribution is -0.147. The number of aliphatic carboxylic acids is 1. The van der Waals surface area contributed by atoms with E-state index in [4.69, 9.17) is 10.0 Å². The second kappa shape index (κ2) is 6.38. The van der Waals surface area contributed by atoms with Crippen LogP contribution in [0.3, 0.4) is 0 Å². The third-order valence-corrected chi connectivity index (χ3v) is 3.52. The zero-order chi connectivity index (χ0) is 12.9. The number of carboxylic acids is 1. The van der Waals surface area contributed by atoms with Crippen molar-refractivity contribution in [3.63, 3.8) is 0 Å². The van der Waals surface area contributed by atoms with E-state index in [2.05, 4.69) is 12.2 Å². The van der Waals surface area contributed by atoms with Crippen molar-refractivity contribution >= 4 is 13.1 Å². The van der Waals surface area contributed by atoms with Gasteiger partial charge in [0.1, 0.15) is 5.54 Å². The van der Waals surface area contributed by atoms with Crippen molar-refractivity contribution in [2.75, 3.05) is 6.54 Å². The second-order valence-corrected chi connectivity index (χ2v) is 5.14. The van der Waals surface area contributed by atoms with E-state index in [1.165, 1.54) is 0 Å². The normalized spacial score (nSPS) is 29.0. The van der Waals surface area contributed by atoms with E-state index in [-0.39, 0.29) is 0 Å². The van der Waals surface area contributed by atoms with Crippen LogP contribution in [0.5, 0.6) is 0 Å². The molecule has 1 heterocycles. The summed E-state index contributed by atoms with van der Waals surface area (Å²) in [5, 5.41) is 29.9. The van der Waals surface area contributed by atoms with Crippen molar-refractivity contribution in [3.05, 3.63) is 0 Å². The zero-order valence-corrected chi connectivity index (χ0v) is 10.4. The Morgan fingerprint density at radius 3 is 2.71 bits per heavy atom. The Kier molecular flexibility index (Phi) is 5.43. The van der Waals surface area contributed by atoms with Crippen LogP contribution < -0.4 is 5.32 Å². The summed E-state index contributed by atoms with van der Waals surface area (Å²) in [7, 11) is -1.28. The summed E-state index contributed by atoms with van der Waals surface area (Å²) in [6, 6.07) is 0. The molecule has 1 aliphatic rings. The summed E-state index contributed by atoms with van der Waals surface area (Å²) in [5.41, 5.74) is -0.807. The average molecular weight is 243 g/mol. The van der Waals surface area contributed by atoms with E-state index >= 15 is 0 Å². The molecule has 6 heteroatoms. The van der Waals surface area contributed by atoms with Gasteiger partial charge in [0, 0.05) is 0 Å². The molecule has 17 heavy (non-hydrogen) atoms. The Morgan fingerprint density at radius 1 is 1.47 bits per heavy atom. The Morgan fingerprint density at radius 2 is 2.18 bits per heavy atom. The van der Waals surface area contributed by atoms with Gasteiger partial charge >= 0.3 is 13.1 Å². The Bertz CT molecular complexity index is 262. The minimum atomic E-state index is -1.28. The molecular formula is C11H22BNO4. The summed E-state index contributed by atoms with van der Waals surface area (Å²) in [6.07, 6.45) is 3.88. The molecule has 0 aromatic heterocycles. The van der Waals surface area contributed by atoms with Gasteiger partial charge in [-0.3, -0.25) is 4.79 Å². The number of rotatable bonds is 6. The molecule has 0 unspecified atom stereocenters. The molecular weight excluding hydrogens is 221 g/mol. The molecule has 1 aliphatic heterocycles. The van der Waals surface area contributed by atoms with Crippen LogP contribution in [-0.4, -0.2) is 40.3 Å². The van der Waals surface area contributed by atoms with Gasteiger partial charge in [0.25, 0.3) is 0 Å². The second-order valence-electron chi connectivity index (χ2n) is 5.14. The molecule has 5 nitrogen and oxygen atoms in total. The number of hydrogen-bond acceptors (Lipinski definition) is 4. The maximum Gasteiger partial charge on any atom is 0.451 e. The van der Waals surface area contributed by atoms with E-state index in [0.717, 1.165) is 13.0 Å². The van der Waals surface area contributed by atoms with Crippen molar-refractivity contribution in [2.24, 2.45) is 5.92 Å². The van der Waals surface area contributed by atoms with E-state index in [0.29, 0.717) is 37.9 Å². The molecule has 2 atom stereocenters. The first-order valence-corrected chi connectivity index (χ1v) is 6.31. The fourth-order valence-corrected chi connectivity index (χ4v) is 2.54. The third kappa shape index (κ3) is 4.29. The number of carbonyl (C=O) groups is 1. The van der Waals surface area contributed by atoms with E-state index < -0.39 is 18.6 Å². The van der Waals surface area contributed by atoms with Gasteiger partial charge in [-0.25, -0.2) is 0 Å². The number of unbranched alkanes of at least 4 members (excludes halogenated alkanes) is 1. The first-order valence-electron chi connectivity index (χ1n) is 6.31. The number of carboxylic acid groups (broad SMARTS) is 1. The lowest BCUT2D eigenvalue weighted by atomic mass is 9.77. The van der Waals surface area contributed by atoms with Crippen LogP contribution in [0.15, 0.2) is 0 Å². The third-order valence-electron chi connectivity index (χ3n) is 3.52. The van der Waals surface area contributed by atoms with Crippen LogP contribution in [0.1, 0.15) is 39.0 Å². The van der Waals surface area contributed by atoms with Gasteiger partial charge in [0.05, 0.1) is 0 Å². The fraction of sp³-hybridized carbons (Fsp3) is 0.909. The minimum absolute atomic E-state index is 0.311. The molecule has 0 aliphatic carbocycles. The number of piperidine rings is 1. The SMILES string of the molecule is C[C@H]1CCN[C@@](CCCCB(O)O)(C(=O)O)C1. The molecule has 1 rings (SSSR count). The summed E-state index contributed by atoms with van der Waals surface area (Å²) in [4.78, 5) is 11.4. The van der Waals surface area contributed by atoms with Crippen LogP contribution in [-0.2, 0) is 4.79 Å². The quantitative estimate of drug-likeness (QED) is 0.402. The van der Waals surface area contributed by atoms with Gasteiger partial charge in [0.15, 0.2) is 0 Å². The van der Waals surface area contributed by atoms with Crippen molar-refractivity contribution in [1.29, 1.82) is 0 Å². The number of nitrogens with one attached hydrogen (secondary N) is 1. The molecule has 0 radical (unpaired) electrons. The van der Waals surface area contributed by atoms with E-state index in [9.17, 15) is 9.90 Å². The van der Waals surface area contributed by atoms with Gasteiger partial charge in [-0.1, -0.05) is 19.8 Å². The van der Waals surface area contributed by atoms with E-state index in [1.807, 2.05) is 0 Å². The summed E-state index contributed by atoms with van der Waals surface area (Å²) in [6.45, 7) is 2.83. The molecule has 0 saturated carbocycles. The van der Waals surface area contributed by atoms with Crippen LogP contribution in [0.4, 0.5) is 0 Å². The lowest BCUT2D eigenvalue weighted by Gasteiger charge is -2.37. The van der Waals surface area contributed by atoms with Crippen molar-refractivity contribution in [3.8, 4) is 0 Å². The molecule has 1 fully saturated rings. The van der Waals surface area contributed by atoms with E-state index in [1.54, 1.807) is 0 Å². The highest BCUT2D eigenvalue weighted by Crippen LogP contribution is 2.29. The van der Waals surface area contributed by atoms with Crippen molar-refractivity contribution < 1.29 is 19.9 Å². The monoisotopic (exact) mass is 243 g/mol. The maximum absolute atomic E-state index is 11.4. The Balaban J connectivity index is 2.45. The number of hydrogen-bond donors (Lipinski definition) is 4. The first-order chi connectivity index (χ1) is 7.96.